The van der Waals surface area contributed by atoms with Gasteiger partial charge in [-0.3, -0.25) is 4.67 Å². The predicted molar refractivity (Wildman–Crippen MR) is 50.0 cm³/mol. The largest absolute Gasteiger partial charge is 0.364 e. The van der Waals surface area contributed by atoms with Gasteiger partial charge in [-0.25, -0.2) is 8.78 Å². The van der Waals surface area contributed by atoms with Gasteiger partial charge in [0, 0.05) is 34.9 Å². The van der Waals surface area contributed by atoms with Crippen LogP contribution in [0.25, 0.3) is 0 Å². The number of nitrogens with zero attached hydrogens (tertiary/aromatic N) is 1. The second-order valence-corrected chi connectivity index (χ2v) is 4.03. The maximum absolute atomic E-state index is 12.9. The van der Waals surface area contributed by atoms with Gasteiger partial charge in [0.25, 0.3) is 5.92 Å². The van der Waals surface area contributed by atoms with Crippen LogP contribution < -0.4 is 0 Å². The van der Waals surface area contributed by atoms with Crippen molar-refractivity contribution in [3.63, 3.8) is 0 Å². The van der Waals surface area contributed by atoms with E-state index in [-0.39, 0.29) is 18.9 Å². The van der Waals surface area contributed by atoms with Gasteiger partial charge in [-0.2, -0.15) is 0 Å². The Morgan fingerprint density at radius 2 is 2.25 bits per heavy atom. The molecule has 1 heterocycles. The zero-order valence-electron chi connectivity index (χ0n) is 6.67. The lowest BCUT2D eigenvalue weighted by Gasteiger charge is -2.36. The lowest BCUT2D eigenvalue weighted by atomic mass is 10.0. The third-order valence-corrected chi connectivity index (χ3v) is 2.90. The highest BCUT2D eigenvalue weighted by Crippen LogP contribution is 2.33. The van der Waals surface area contributed by atoms with Gasteiger partial charge in [0.2, 0.25) is 0 Å². The second kappa shape index (κ2) is 4.23. The summed E-state index contributed by atoms with van der Waals surface area (Å²) in [7, 11) is 4.54. The highest BCUT2D eigenvalue weighted by atomic mass is 31.0. The molecule has 0 aliphatic carbocycles. The molecule has 0 N–H and O–H groups in total. The van der Waals surface area contributed by atoms with Crippen molar-refractivity contribution >= 4 is 18.9 Å². The van der Waals surface area contributed by atoms with Gasteiger partial charge < -0.3 is 4.52 Å². The number of hydrogen-bond donors (Lipinski definition) is 0. The molecule has 6 heteroatoms. The molecule has 1 rings (SSSR count). The van der Waals surface area contributed by atoms with E-state index in [0.29, 0.717) is 13.2 Å². The van der Waals surface area contributed by atoms with Crippen LogP contribution in [0.3, 0.4) is 0 Å². The maximum Gasteiger partial charge on any atom is 0.251 e. The molecule has 0 radical (unpaired) electrons. The summed E-state index contributed by atoms with van der Waals surface area (Å²) >= 11 is 0. The van der Waals surface area contributed by atoms with Crippen LogP contribution in [0.15, 0.2) is 0 Å². The lowest BCUT2D eigenvalue weighted by Crippen LogP contribution is -2.43. The van der Waals surface area contributed by atoms with Gasteiger partial charge in [-0.1, -0.05) is 9.39 Å². The minimum Gasteiger partial charge on any atom is -0.364 e. The highest BCUT2D eigenvalue weighted by molar-refractivity contribution is 7.13. The number of rotatable bonds is 2. The Morgan fingerprint density at radius 3 is 2.83 bits per heavy atom. The molecule has 1 aliphatic rings. The molecule has 0 aromatic rings. The van der Waals surface area contributed by atoms with Crippen LogP contribution in [0.1, 0.15) is 12.8 Å². The van der Waals surface area contributed by atoms with E-state index >= 15 is 0 Å². The molecule has 2 nitrogen and oxygen atoms in total. The van der Waals surface area contributed by atoms with Crippen molar-refractivity contribution < 1.29 is 13.3 Å². The minimum absolute atomic E-state index is 0.0517. The summed E-state index contributed by atoms with van der Waals surface area (Å²) in [6.45, 7) is 0.750. The number of alkyl halides is 2. The Kier molecular flexibility index (Phi) is 3.78. The first kappa shape index (κ1) is 10.7. The monoisotopic (exact) mass is 215 g/mol. The van der Waals surface area contributed by atoms with Gasteiger partial charge >= 0.3 is 0 Å². The zero-order chi connectivity index (χ0) is 9.19. The highest BCUT2D eigenvalue weighted by Gasteiger charge is 2.38. The van der Waals surface area contributed by atoms with Gasteiger partial charge in [0.15, 0.2) is 0 Å². The smallest absolute Gasteiger partial charge is 0.251 e. The van der Waals surface area contributed by atoms with Gasteiger partial charge in [-0.15, -0.1) is 0 Å². The lowest BCUT2D eigenvalue weighted by molar-refractivity contribution is -0.0635. The molecule has 0 saturated carbocycles. The molecule has 0 aromatic heterocycles. The topological polar surface area (TPSA) is 12.5 Å². The number of hydrogen-bond acceptors (Lipinski definition) is 2. The molecule has 0 amide bonds. The molecule has 1 fully saturated rings. The molecule has 0 bridgehead atoms. The molecule has 0 spiro atoms. The Balaban J connectivity index is 2.47. The fourth-order valence-electron chi connectivity index (χ4n) is 1.31. The summed E-state index contributed by atoms with van der Waals surface area (Å²) in [4.78, 5) is 0. The van der Waals surface area contributed by atoms with Crippen molar-refractivity contribution in [1.82, 2.24) is 4.67 Å². The molecule has 3 unspecified atom stereocenters. The van der Waals surface area contributed by atoms with Crippen LogP contribution in [0, 0.1) is 0 Å². The molecule has 3 atom stereocenters. The van der Waals surface area contributed by atoms with Gasteiger partial charge in [-0.05, 0) is 0 Å². The van der Waals surface area contributed by atoms with Crippen LogP contribution in [0.4, 0.5) is 8.78 Å². The van der Waals surface area contributed by atoms with Crippen molar-refractivity contribution in [3.8, 4) is 0 Å². The fraction of sp³-hybridized carbons (Fsp3) is 1.00. The van der Waals surface area contributed by atoms with E-state index in [0.717, 1.165) is 0 Å². The fourth-order valence-corrected chi connectivity index (χ4v) is 1.85. The molecule has 1 saturated heterocycles. The first-order valence-electron chi connectivity index (χ1n) is 3.76. The van der Waals surface area contributed by atoms with Crippen molar-refractivity contribution in [2.24, 2.45) is 0 Å². The van der Waals surface area contributed by atoms with E-state index in [9.17, 15) is 8.78 Å². The van der Waals surface area contributed by atoms with E-state index in [1.54, 1.807) is 0 Å². The second-order valence-electron chi connectivity index (χ2n) is 3.04. The van der Waals surface area contributed by atoms with Crippen LogP contribution in [-0.2, 0) is 4.52 Å². The number of halogens is 2. The summed E-state index contributed by atoms with van der Waals surface area (Å²) < 4.78 is 32.3. The average molecular weight is 215 g/mol. The summed E-state index contributed by atoms with van der Waals surface area (Å²) in [6, 6.07) is -0.184. The van der Waals surface area contributed by atoms with Crippen molar-refractivity contribution in [1.29, 1.82) is 0 Å². The van der Waals surface area contributed by atoms with Crippen molar-refractivity contribution in [3.05, 3.63) is 0 Å². The van der Waals surface area contributed by atoms with Crippen LogP contribution in [-0.4, -0.2) is 29.8 Å². The Labute approximate surface area is 75.6 Å². The van der Waals surface area contributed by atoms with Gasteiger partial charge in [0.05, 0.1) is 6.61 Å². The van der Waals surface area contributed by atoms with Gasteiger partial charge in [0.1, 0.15) is 0 Å². The molecular formula is C6H13F2NOP2. The molecular weight excluding hydrogens is 202 g/mol. The van der Waals surface area contributed by atoms with Crippen LogP contribution in [0.5, 0.6) is 0 Å². The van der Waals surface area contributed by atoms with Crippen molar-refractivity contribution in [2.75, 3.05) is 13.2 Å². The summed E-state index contributed by atoms with van der Waals surface area (Å²) in [5.74, 6) is -2.51. The van der Waals surface area contributed by atoms with Crippen molar-refractivity contribution in [2.45, 2.75) is 24.8 Å². The number of piperidine rings is 1. The SMILES string of the molecule is FC1(F)CCN(P)C(COP)C1. The first-order chi connectivity index (χ1) is 5.55. The minimum atomic E-state index is -2.51. The molecule has 1 aliphatic heterocycles. The third-order valence-electron chi connectivity index (χ3n) is 2.03. The Morgan fingerprint density at radius 1 is 1.58 bits per heavy atom. The van der Waals surface area contributed by atoms with E-state index in [2.05, 4.69) is 18.9 Å². The van der Waals surface area contributed by atoms with Crippen LogP contribution >= 0.6 is 18.9 Å². The van der Waals surface area contributed by atoms with E-state index in [4.69, 9.17) is 4.52 Å². The van der Waals surface area contributed by atoms with E-state index in [1.807, 2.05) is 4.67 Å². The standard InChI is InChI=1S/C6H13F2NOP2/c7-6(8)1-2-9(11)5(3-6)4-10-12/h5H,1-4,11-12H2. The van der Waals surface area contributed by atoms with Crippen LogP contribution in [0.2, 0.25) is 0 Å². The maximum atomic E-state index is 12.9. The van der Waals surface area contributed by atoms with E-state index < -0.39 is 5.92 Å². The average Bonchev–Trinajstić information content (AvgIpc) is 1.97. The predicted octanol–water partition coefficient (Wildman–Crippen LogP) is 1.68. The Hall–Kier alpha value is 0.640. The zero-order valence-corrected chi connectivity index (χ0v) is 8.98. The molecule has 0 aromatic carbocycles. The first-order valence-corrected chi connectivity index (χ1v) is 4.75. The molecule has 72 valence electrons. The summed E-state index contributed by atoms with van der Waals surface area (Å²) in [5, 5.41) is 0. The summed E-state index contributed by atoms with van der Waals surface area (Å²) in [5.41, 5.74) is 0. The quantitative estimate of drug-likeness (QED) is 0.650. The molecule has 12 heavy (non-hydrogen) atoms. The normalized spacial score (nSPS) is 30.5. The van der Waals surface area contributed by atoms with E-state index in [1.165, 1.54) is 0 Å². The summed E-state index contributed by atoms with van der Waals surface area (Å²) in [6.07, 6.45) is -0.158. The Bertz CT molecular complexity index is 158. The third kappa shape index (κ3) is 2.85.